The molecular weight excluding hydrogens is 342 g/mol. The smallest absolute Gasteiger partial charge is 0.139 e. The van der Waals surface area contributed by atoms with Crippen LogP contribution >= 0.6 is 15.9 Å². The Hall–Kier alpha value is -2.65. The summed E-state index contributed by atoms with van der Waals surface area (Å²) in [6.45, 7) is 0.644. The fraction of sp³-hybridized carbons (Fsp3) is 0.0625. The second kappa shape index (κ2) is 6.41. The molecule has 0 saturated heterocycles. The van der Waals surface area contributed by atoms with Gasteiger partial charge in [-0.25, -0.2) is 4.68 Å². The number of anilines is 1. The highest BCUT2D eigenvalue weighted by molar-refractivity contribution is 9.10. The molecule has 108 valence electrons. The number of nitriles is 1. The van der Waals surface area contributed by atoms with Crippen LogP contribution in [0.1, 0.15) is 11.1 Å². The van der Waals surface area contributed by atoms with Crippen molar-refractivity contribution in [3.05, 3.63) is 76.8 Å². The molecule has 0 aliphatic rings. The van der Waals surface area contributed by atoms with Gasteiger partial charge in [-0.3, -0.25) is 5.01 Å². The van der Waals surface area contributed by atoms with E-state index in [2.05, 4.69) is 38.3 Å². The van der Waals surface area contributed by atoms with Crippen LogP contribution in [-0.4, -0.2) is 14.9 Å². The molecule has 0 unspecified atom stereocenters. The molecule has 0 atom stereocenters. The lowest BCUT2D eigenvalue weighted by Crippen LogP contribution is -2.28. The van der Waals surface area contributed by atoms with E-state index in [-0.39, 0.29) is 0 Å². The van der Waals surface area contributed by atoms with Gasteiger partial charge in [0.25, 0.3) is 0 Å². The summed E-state index contributed by atoms with van der Waals surface area (Å²) >= 11 is 3.57. The van der Waals surface area contributed by atoms with Crippen LogP contribution in [0, 0.1) is 11.3 Å². The van der Waals surface area contributed by atoms with Gasteiger partial charge in [-0.15, -0.1) is 10.2 Å². The van der Waals surface area contributed by atoms with Crippen molar-refractivity contribution in [3.8, 4) is 6.07 Å². The lowest BCUT2D eigenvalue weighted by molar-refractivity contribution is 0.684. The molecule has 0 aliphatic heterocycles. The van der Waals surface area contributed by atoms with Crippen molar-refractivity contribution >= 4 is 21.6 Å². The highest BCUT2D eigenvalue weighted by Gasteiger charge is 2.11. The Morgan fingerprint density at radius 2 is 1.73 bits per heavy atom. The van der Waals surface area contributed by atoms with Gasteiger partial charge in [-0.2, -0.15) is 5.26 Å². The maximum atomic E-state index is 8.93. The van der Waals surface area contributed by atoms with Gasteiger partial charge in [-0.05, 0) is 35.9 Å². The largest absolute Gasteiger partial charge is 0.274 e. The minimum absolute atomic E-state index is 0.633. The van der Waals surface area contributed by atoms with Crippen molar-refractivity contribution in [2.45, 2.75) is 6.54 Å². The van der Waals surface area contributed by atoms with Gasteiger partial charge >= 0.3 is 0 Å². The molecule has 1 aromatic heterocycles. The summed E-state index contributed by atoms with van der Waals surface area (Å²) in [6, 6.07) is 17.6. The van der Waals surface area contributed by atoms with Crippen molar-refractivity contribution in [2.75, 3.05) is 5.01 Å². The van der Waals surface area contributed by atoms with Crippen LogP contribution in [0.15, 0.2) is 65.7 Å². The Balaban J connectivity index is 1.97. The first kappa shape index (κ1) is 14.3. The average molecular weight is 354 g/mol. The molecule has 0 amide bonds. The van der Waals surface area contributed by atoms with Crippen molar-refractivity contribution < 1.29 is 0 Å². The van der Waals surface area contributed by atoms with E-state index in [1.54, 1.807) is 24.8 Å². The van der Waals surface area contributed by atoms with E-state index in [0.717, 1.165) is 15.7 Å². The number of rotatable bonds is 4. The highest BCUT2D eigenvalue weighted by atomic mass is 79.9. The number of benzene rings is 2. The Labute approximate surface area is 136 Å². The van der Waals surface area contributed by atoms with Crippen molar-refractivity contribution in [1.82, 2.24) is 14.9 Å². The first-order chi connectivity index (χ1) is 10.8. The zero-order chi connectivity index (χ0) is 15.4. The quantitative estimate of drug-likeness (QED) is 0.721. The topological polar surface area (TPSA) is 57.7 Å². The summed E-state index contributed by atoms with van der Waals surface area (Å²) in [6.07, 6.45) is 3.30. The van der Waals surface area contributed by atoms with E-state index in [1.807, 2.05) is 40.0 Å². The Morgan fingerprint density at radius 3 is 2.36 bits per heavy atom. The fourth-order valence-electron chi connectivity index (χ4n) is 2.12. The Kier molecular flexibility index (Phi) is 4.17. The van der Waals surface area contributed by atoms with E-state index >= 15 is 0 Å². The lowest BCUT2D eigenvalue weighted by Gasteiger charge is -2.25. The van der Waals surface area contributed by atoms with Crippen LogP contribution in [0.4, 0.5) is 5.69 Å². The fourth-order valence-corrected chi connectivity index (χ4v) is 2.53. The van der Waals surface area contributed by atoms with Gasteiger partial charge in [0.1, 0.15) is 12.7 Å². The molecule has 6 heteroatoms. The summed E-state index contributed by atoms with van der Waals surface area (Å²) in [4.78, 5) is 0. The molecule has 3 aromatic rings. The minimum atomic E-state index is 0.633. The molecule has 0 saturated carbocycles. The molecule has 2 aromatic carbocycles. The monoisotopic (exact) mass is 353 g/mol. The maximum absolute atomic E-state index is 8.93. The van der Waals surface area contributed by atoms with Gasteiger partial charge in [0.15, 0.2) is 0 Å². The average Bonchev–Trinajstić information content (AvgIpc) is 3.08. The molecule has 0 radical (unpaired) electrons. The van der Waals surface area contributed by atoms with Crippen molar-refractivity contribution in [1.29, 1.82) is 5.26 Å². The van der Waals surface area contributed by atoms with Gasteiger partial charge in [0.2, 0.25) is 0 Å². The summed E-state index contributed by atoms with van der Waals surface area (Å²) in [7, 11) is 0. The first-order valence-corrected chi connectivity index (χ1v) is 7.43. The number of halogens is 1. The summed E-state index contributed by atoms with van der Waals surface area (Å²) in [5.74, 6) is 0. The third kappa shape index (κ3) is 3.00. The second-order valence-corrected chi connectivity index (χ2v) is 5.50. The van der Waals surface area contributed by atoms with Crippen LogP contribution in [-0.2, 0) is 6.54 Å². The van der Waals surface area contributed by atoms with Crippen LogP contribution in [0.3, 0.4) is 0 Å². The molecule has 22 heavy (non-hydrogen) atoms. The molecule has 0 fully saturated rings. The van der Waals surface area contributed by atoms with E-state index in [1.165, 1.54) is 0 Å². The Bertz CT molecular complexity index is 790. The maximum Gasteiger partial charge on any atom is 0.139 e. The Morgan fingerprint density at radius 1 is 1.05 bits per heavy atom. The van der Waals surface area contributed by atoms with Gasteiger partial charge in [0, 0.05) is 4.47 Å². The molecule has 0 N–H and O–H groups in total. The molecule has 0 aliphatic carbocycles. The molecule has 3 rings (SSSR count). The second-order valence-electron chi connectivity index (χ2n) is 4.65. The van der Waals surface area contributed by atoms with Gasteiger partial charge < -0.3 is 0 Å². The third-order valence-corrected chi connectivity index (χ3v) is 4.03. The molecule has 1 heterocycles. The first-order valence-electron chi connectivity index (χ1n) is 6.64. The summed E-state index contributed by atoms with van der Waals surface area (Å²) < 4.78 is 2.86. The predicted molar refractivity (Wildman–Crippen MR) is 86.9 cm³/mol. The van der Waals surface area contributed by atoms with Crippen LogP contribution in [0.5, 0.6) is 0 Å². The number of nitrogens with zero attached hydrogens (tertiary/aromatic N) is 5. The lowest BCUT2D eigenvalue weighted by atomic mass is 10.2. The van der Waals surface area contributed by atoms with Crippen LogP contribution < -0.4 is 5.01 Å². The zero-order valence-electron chi connectivity index (χ0n) is 11.6. The van der Waals surface area contributed by atoms with Crippen LogP contribution in [0.2, 0.25) is 0 Å². The third-order valence-electron chi connectivity index (χ3n) is 3.26. The van der Waals surface area contributed by atoms with E-state index in [0.29, 0.717) is 12.1 Å². The molecule has 5 nitrogen and oxygen atoms in total. The molecular formula is C16H12BrN5. The van der Waals surface area contributed by atoms with Crippen molar-refractivity contribution in [2.24, 2.45) is 0 Å². The van der Waals surface area contributed by atoms with E-state index < -0.39 is 0 Å². The molecule has 0 spiro atoms. The standard InChI is InChI=1S/C16H12BrN5/c17-16-4-2-1-3-14(16)10-22(21-11-19-20-12-21)15-7-5-13(9-18)6-8-15/h1-8,11-12H,10H2. The van der Waals surface area contributed by atoms with Crippen LogP contribution in [0.25, 0.3) is 0 Å². The van der Waals surface area contributed by atoms with Gasteiger partial charge in [-0.1, -0.05) is 34.1 Å². The SMILES string of the molecule is N#Cc1ccc(N(Cc2ccccc2Br)n2cnnc2)cc1. The summed E-state index contributed by atoms with van der Waals surface area (Å²) in [5.41, 5.74) is 2.73. The van der Waals surface area contributed by atoms with E-state index in [9.17, 15) is 0 Å². The minimum Gasteiger partial charge on any atom is -0.274 e. The highest BCUT2D eigenvalue weighted by Crippen LogP contribution is 2.23. The number of hydrogen-bond donors (Lipinski definition) is 0. The predicted octanol–water partition coefficient (Wildman–Crippen LogP) is 3.38. The van der Waals surface area contributed by atoms with Gasteiger partial charge in [0.05, 0.1) is 23.9 Å². The normalized spacial score (nSPS) is 10.2. The number of hydrogen-bond acceptors (Lipinski definition) is 4. The molecule has 0 bridgehead atoms. The number of aromatic nitrogens is 3. The van der Waals surface area contributed by atoms with E-state index in [4.69, 9.17) is 5.26 Å². The van der Waals surface area contributed by atoms with Crippen molar-refractivity contribution in [3.63, 3.8) is 0 Å². The summed E-state index contributed by atoms with van der Waals surface area (Å²) in [5, 5.41) is 18.7. The zero-order valence-corrected chi connectivity index (χ0v) is 13.2.